The molecule has 0 bridgehead atoms. The summed E-state index contributed by atoms with van der Waals surface area (Å²) in [4.78, 5) is 4.07. The zero-order valence-electron chi connectivity index (χ0n) is 13.7. The van der Waals surface area contributed by atoms with Crippen LogP contribution in [0.15, 0.2) is 30.3 Å². The maximum atomic E-state index is 14.4. The first-order chi connectivity index (χ1) is 12.8. The number of hydrogen-bond acceptors (Lipinski definition) is 3. The Balaban J connectivity index is 2.49. The van der Waals surface area contributed by atoms with E-state index in [1.165, 1.54) is 6.92 Å². The summed E-state index contributed by atoms with van der Waals surface area (Å²) in [6.07, 6.45) is 0. The average molecular weight is 375 g/mol. The van der Waals surface area contributed by atoms with Gasteiger partial charge in [0.2, 0.25) is 5.82 Å². The quantitative estimate of drug-likeness (QED) is 0.395. The molecule has 3 rings (SSSR count). The van der Waals surface area contributed by atoms with E-state index in [0.717, 1.165) is 0 Å². The zero-order chi connectivity index (χ0) is 19.9. The Bertz CT molecular complexity index is 1080. The number of pyridine rings is 1. The lowest BCUT2D eigenvalue weighted by Crippen LogP contribution is -2.09. The smallest absolute Gasteiger partial charge is 0.200 e. The van der Waals surface area contributed by atoms with E-state index in [1.807, 2.05) is 0 Å². The minimum absolute atomic E-state index is 0.0511. The molecule has 0 atom stereocenters. The van der Waals surface area contributed by atoms with Crippen LogP contribution in [0.2, 0.25) is 0 Å². The van der Waals surface area contributed by atoms with Crippen molar-refractivity contribution in [1.29, 1.82) is 5.26 Å². The van der Waals surface area contributed by atoms with Crippen molar-refractivity contribution >= 4 is 5.82 Å². The molecule has 0 aliphatic rings. The van der Waals surface area contributed by atoms with Crippen molar-refractivity contribution in [3.05, 3.63) is 70.5 Å². The number of aromatic nitrogens is 1. The largest absolute Gasteiger partial charge is 0.383 e. The lowest BCUT2D eigenvalue weighted by atomic mass is 9.92. The highest BCUT2D eigenvalue weighted by molar-refractivity contribution is 5.84. The molecule has 0 unspecified atom stereocenters. The van der Waals surface area contributed by atoms with Gasteiger partial charge in [-0.25, -0.2) is 26.9 Å². The van der Waals surface area contributed by atoms with Crippen LogP contribution in [0.25, 0.3) is 22.4 Å². The number of halogens is 5. The van der Waals surface area contributed by atoms with E-state index in [1.54, 1.807) is 36.4 Å². The zero-order valence-corrected chi connectivity index (χ0v) is 13.7. The molecule has 3 nitrogen and oxygen atoms in total. The number of nitrogen functional groups attached to an aromatic ring is 1. The number of rotatable bonds is 2. The highest BCUT2D eigenvalue weighted by Gasteiger charge is 2.30. The van der Waals surface area contributed by atoms with Gasteiger partial charge < -0.3 is 5.73 Å². The first kappa shape index (κ1) is 18.3. The number of nitrogens with zero attached hydrogens (tertiary/aromatic N) is 2. The molecule has 0 saturated heterocycles. The van der Waals surface area contributed by atoms with Crippen LogP contribution in [-0.2, 0) is 0 Å². The highest BCUT2D eigenvalue weighted by Crippen LogP contribution is 2.40. The Hall–Kier alpha value is -3.47. The Kier molecular flexibility index (Phi) is 4.54. The van der Waals surface area contributed by atoms with Crippen molar-refractivity contribution < 1.29 is 22.0 Å². The Morgan fingerprint density at radius 3 is 1.89 bits per heavy atom. The van der Waals surface area contributed by atoms with Crippen LogP contribution in [0, 0.1) is 47.3 Å². The molecule has 2 N–H and O–H groups in total. The summed E-state index contributed by atoms with van der Waals surface area (Å²) in [6.45, 7) is 1.36. The molecule has 0 aliphatic carbocycles. The molecular formula is C19H10F5N3. The van der Waals surface area contributed by atoms with Crippen molar-refractivity contribution in [1.82, 2.24) is 4.98 Å². The maximum absolute atomic E-state index is 14.4. The molecule has 0 spiro atoms. The molecule has 0 radical (unpaired) electrons. The van der Waals surface area contributed by atoms with Gasteiger partial charge in [-0.05, 0) is 12.5 Å². The predicted molar refractivity (Wildman–Crippen MR) is 88.8 cm³/mol. The summed E-state index contributed by atoms with van der Waals surface area (Å²) in [6, 6.07) is 9.94. The van der Waals surface area contributed by atoms with Gasteiger partial charge in [0.15, 0.2) is 23.3 Å². The van der Waals surface area contributed by atoms with Crippen LogP contribution in [0.4, 0.5) is 27.8 Å². The fraction of sp³-hybridized carbons (Fsp3) is 0.0526. The molecule has 27 heavy (non-hydrogen) atoms. The van der Waals surface area contributed by atoms with Crippen molar-refractivity contribution in [2.75, 3.05) is 5.73 Å². The summed E-state index contributed by atoms with van der Waals surface area (Å²) in [5, 5.41) is 9.34. The van der Waals surface area contributed by atoms with E-state index in [0.29, 0.717) is 5.56 Å². The van der Waals surface area contributed by atoms with Gasteiger partial charge >= 0.3 is 0 Å². The summed E-state index contributed by atoms with van der Waals surface area (Å²) >= 11 is 0. The second kappa shape index (κ2) is 6.68. The summed E-state index contributed by atoms with van der Waals surface area (Å²) in [7, 11) is 0. The van der Waals surface area contributed by atoms with Crippen LogP contribution in [0.3, 0.4) is 0 Å². The standard InChI is InChI=1S/C19H10F5N3/c1-8-11(12-13(20)15(22)17(24)16(23)14(12)21)10(7-25)19(26)27-18(8)9-5-3-2-4-6-9/h2-6H,1H3,(H2,26,27). The lowest BCUT2D eigenvalue weighted by molar-refractivity contribution is 0.381. The Labute approximate surface area is 150 Å². The summed E-state index contributed by atoms with van der Waals surface area (Å²) in [5.41, 5.74) is 4.27. The number of nitrogens with two attached hydrogens (primary N) is 1. The van der Waals surface area contributed by atoms with Crippen LogP contribution in [0.5, 0.6) is 0 Å². The minimum Gasteiger partial charge on any atom is -0.383 e. The van der Waals surface area contributed by atoms with Crippen LogP contribution < -0.4 is 5.73 Å². The Morgan fingerprint density at radius 2 is 1.37 bits per heavy atom. The molecule has 136 valence electrons. The molecule has 3 aromatic rings. The van der Waals surface area contributed by atoms with Crippen molar-refractivity contribution in [2.45, 2.75) is 6.92 Å². The normalized spacial score (nSPS) is 10.7. The molecule has 0 aliphatic heterocycles. The number of anilines is 1. The maximum Gasteiger partial charge on any atom is 0.200 e. The van der Waals surface area contributed by atoms with Gasteiger partial charge in [-0.1, -0.05) is 30.3 Å². The molecule has 0 amide bonds. The fourth-order valence-electron chi connectivity index (χ4n) is 2.82. The van der Waals surface area contributed by atoms with Gasteiger partial charge in [-0.2, -0.15) is 5.26 Å². The monoisotopic (exact) mass is 375 g/mol. The average Bonchev–Trinajstić information content (AvgIpc) is 2.68. The number of benzene rings is 2. The third-order valence-corrected chi connectivity index (χ3v) is 4.09. The van der Waals surface area contributed by atoms with Crippen LogP contribution >= 0.6 is 0 Å². The molecule has 0 fully saturated rings. The SMILES string of the molecule is Cc1c(-c2ccccc2)nc(N)c(C#N)c1-c1c(F)c(F)c(F)c(F)c1F. The van der Waals surface area contributed by atoms with Gasteiger partial charge in [0.05, 0.1) is 11.3 Å². The topological polar surface area (TPSA) is 62.7 Å². The number of hydrogen-bond donors (Lipinski definition) is 1. The summed E-state index contributed by atoms with van der Waals surface area (Å²) < 4.78 is 69.5. The molecule has 8 heteroatoms. The number of nitriles is 1. The van der Waals surface area contributed by atoms with Gasteiger partial charge in [-0.15, -0.1) is 0 Å². The second-order valence-corrected chi connectivity index (χ2v) is 5.64. The van der Waals surface area contributed by atoms with Crippen LogP contribution in [0.1, 0.15) is 11.1 Å². The summed E-state index contributed by atoms with van der Waals surface area (Å²) in [5.74, 6) is -11.0. The fourth-order valence-corrected chi connectivity index (χ4v) is 2.82. The molecule has 0 saturated carbocycles. The molecular weight excluding hydrogens is 365 g/mol. The van der Waals surface area contributed by atoms with Gasteiger partial charge in [-0.3, -0.25) is 0 Å². The van der Waals surface area contributed by atoms with Crippen molar-refractivity contribution in [3.8, 4) is 28.5 Å². The first-order valence-electron chi connectivity index (χ1n) is 7.57. The third kappa shape index (κ3) is 2.77. The lowest BCUT2D eigenvalue weighted by Gasteiger charge is -2.17. The predicted octanol–water partition coefficient (Wildman–Crippen LogP) is 4.87. The van der Waals surface area contributed by atoms with Gasteiger partial charge in [0.25, 0.3) is 0 Å². The van der Waals surface area contributed by atoms with Crippen LogP contribution in [-0.4, -0.2) is 4.98 Å². The minimum atomic E-state index is -2.28. The first-order valence-corrected chi connectivity index (χ1v) is 7.57. The van der Waals surface area contributed by atoms with E-state index >= 15 is 0 Å². The van der Waals surface area contributed by atoms with Crippen molar-refractivity contribution in [2.24, 2.45) is 0 Å². The van der Waals surface area contributed by atoms with Crippen molar-refractivity contribution in [3.63, 3.8) is 0 Å². The van der Waals surface area contributed by atoms with Gasteiger partial charge in [0.1, 0.15) is 17.5 Å². The van der Waals surface area contributed by atoms with E-state index in [4.69, 9.17) is 5.73 Å². The van der Waals surface area contributed by atoms with E-state index in [2.05, 4.69) is 4.98 Å². The Morgan fingerprint density at radius 1 is 0.852 bits per heavy atom. The van der Waals surface area contributed by atoms with E-state index < -0.39 is 45.8 Å². The van der Waals surface area contributed by atoms with E-state index in [9.17, 15) is 27.2 Å². The molecule has 1 heterocycles. The second-order valence-electron chi connectivity index (χ2n) is 5.64. The van der Waals surface area contributed by atoms with Gasteiger partial charge in [0, 0.05) is 11.1 Å². The molecule has 2 aromatic carbocycles. The third-order valence-electron chi connectivity index (χ3n) is 4.09. The molecule has 1 aromatic heterocycles. The highest BCUT2D eigenvalue weighted by atomic mass is 19.2. The van der Waals surface area contributed by atoms with E-state index in [-0.39, 0.29) is 17.1 Å².